The van der Waals surface area contributed by atoms with Crippen molar-refractivity contribution in [3.05, 3.63) is 12.4 Å². The second-order valence-corrected chi connectivity index (χ2v) is 5.58. The minimum atomic E-state index is -2.75. The van der Waals surface area contributed by atoms with Crippen molar-refractivity contribution in [1.29, 1.82) is 0 Å². The van der Waals surface area contributed by atoms with Crippen LogP contribution in [0.1, 0.15) is 6.42 Å². The smallest absolute Gasteiger partial charge is 0.225 e. The quantitative estimate of drug-likeness (QED) is 0.808. The lowest BCUT2D eigenvalue weighted by Gasteiger charge is -2.24. The number of nitrogens with zero attached hydrogens (tertiary/aromatic N) is 4. The number of hydrogen-bond acceptors (Lipinski definition) is 4. The van der Waals surface area contributed by atoms with Gasteiger partial charge in [-0.3, -0.25) is 13.9 Å². The highest BCUT2D eigenvalue weighted by atomic mass is 35.5. The number of aryl methyl sites for hydroxylation is 1. The second-order valence-electron chi connectivity index (χ2n) is 4.62. The van der Waals surface area contributed by atoms with Crippen molar-refractivity contribution in [1.82, 2.24) is 14.7 Å². The Kier molecular flexibility index (Phi) is 5.57. The summed E-state index contributed by atoms with van der Waals surface area (Å²) in [6.07, 6.45) is 2.62. The zero-order valence-electron chi connectivity index (χ0n) is 10.8. The molecule has 2 atom stereocenters. The summed E-state index contributed by atoms with van der Waals surface area (Å²) >= 11 is 0. The van der Waals surface area contributed by atoms with E-state index in [4.69, 9.17) is 0 Å². The van der Waals surface area contributed by atoms with Crippen molar-refractivity contribution in [3.63, 3.8) is 0 Å². The van der Waals surface area contributed by atoms with Crippen LogP contribution in [0.3, 0.4) is 0 Å². The summed E-state index contributed by atoms with van der Waals surface area (Å²) in [5.41, 5.74) is 0.518. The number of likely N-dealkylation sites (N-methyl/N-ethyl adjacent to an activating group) is 1. The minimum Gasteiger partial charge on any atom is -0.299 e. The minimum absolute atomic E-state index is 0. The fourth-order valence-corrected chi connectivity index (χ4v) is 2.85. The number of aromatic nitrogens is 2. The van der Waals surface area contributed by atoms with Crippen molar-refractivity contribution in [2.75, 3.05) is 24.4 Å². The summed E-state index contributed by atoms with van der Waals surface area (Å²) in [6, 6.07) is -0.0897. The van der Waals surface area contributed by atoms with E-state index in [1.165, 1.54) is 15.2 Å². The SMILES string of the molecule is CN1C[C@H](F)C[C@H]1CN(c1cnn(C)c1)[SH](=O)=O.Cl. The Morgan fingerprint density at radius 1 is 1.53 bits per heavy atom. The molecule has 0 radical (unpaired) electrons. The molecule has 0 amide bonds. The van der Waals surface area contributed by atoms with E-state index in [0.29, 0.717) is 18.7 Å². The van der Waals surface area contributed by atoms with E-state index < -0.39 is 17.1 Å². The molecule has 0 aliphatic carbocycles. The Morgan fingerprint density at radius 2 is 2.21 bits per heavy atom. The molecule has 6 nitrogen and oxygen atoms in total. The monoisotopic (exact) mass is 312 g/mol. The van der Waals surface area contributed by atoms with Gasteiger partial charge in [0.1, 0.15) is 6.17 Å². The highest BCUT2D eigenvalue weighted by Crippen LogP contribution is 2.22. The van der Waals surface area contributed by atoms with E-state index in [2.05, 4.69) is 5.10 Å². The average Bonchev–Trinajstić information content (AvgIpc) is 2.81. The van der Waals surface area contributed by atoms with Crippen LogP contribution >= 0.6 is 12.4 Å². The van der Waals surface area contributed by atoms with E-state index >= 15 is 0 Å². The maximum absolute atomic E-state index is 13.3. The Morgan fingerprint density at radius 3 is 2.63 bits per heavy atom. The molecule has 0 spiro atoms. The van der Waals surface area contributed by atoms with Crippen LogP contribution in [0.2, 0.25) is 0 Å². The van der Waals surface area contributed by atoms with Gasteiger partial charge in [0.25, 0.3) is 0 Å². The standard InChI is InChI=1S/C10H17FN4O2S.ClH/c1-13-5-8(11)3-9(13)7-15(18(16)17)10-4-12-14(2)6-10;/h4,6,8-9,18H,3,5,7H2,1-2H3;1H/t8-,9+;/m1./s1. The van der Waals surface area contributed by atoms with Crippen LogP contribution in [0, 0.1) is 0 Å². The molecule has 2 heterocycles. The zero-order chi connectivity index (χ0) is 13.3. The van der Waals surface area contributed by atoms with Crippen molar-refractivity contribution in [3.8, 4) is 0 Å². The van der Waals surface area contributed by atoms with Crippen LogP contribution in [0.25, 0.3) is 0 Å². The van der Waals surface area contributed by atoms with Crippen LogP contribution in [0.15, 0.2) is 12.4 Å². The van der Waals surface area contributed by atoms with Crippen LogP contribution in [-0.2, 0) is 17.9 Å². The number of alkyl halides is 1. The normalized spacial score (nSPS) is 23.6. The zero-order valence-corrected chi connectivity index (χ0v) is 12.5. The maximum Gasteiger partial charge on any atom is 0.225 e. The summed E-state index contributed by atoms with van der Waals surface area (Å²) in [7, 11) is 0.785. The Balaban J connectivity index is 0.00000180. The maximum atomic E-state index is 13.3. The van der Waals surface area contributed by atoms with Crippen molar-refractivity contribution in [2.45, 2.75) is 18.6 Å². The van der Waals surface area contributed by atoms with Gasteiger partial charge in [0.05, 0.1) is 11.9 Å². The van der Waals surface area contributed by atoms with Gasteiger partial charge < -0.3 is 0 Å². The van der Waals surface area contributed by atoms with Crippen molar-refractivity contribution >= 4 is 29.0 Å². The van der Waals surface area contributed by atoms with Crippen molar-refractivity contribution < 1.29 is 12.8 Å². The average molecular weight is 313 g/mol. The van der Waals surface area contributed by atoms with E-state index in [1.54, 1.807) is 13.2 Å². The molecule has 1 saturated heterocycles. The van der Waals surface area contributed by atoms with Crippen LogP contribution in [-0.4, -0.2) is 55.4 Å². The van der Waals surface area contributed by atoms with Crippen LogP contribution in [0.4, 0.5) is 10.1 Å². The second kappa shape index (κ2) is 6.53. The number of hydrogen-bond donors (Lipinski definition) is 1. The van der Waals surface area contributed by atoms with Gasteiger partial charge in [0.2, 0.25) is 10.9 Å². The molecule has 0 bridgehead atoms. The molecule has 0 aromatic carbocycles. The van der Waals surface area contributed by atoms with Gasteiger partial charge >= 0.3 is 0 Å². The third-order valence-corrected chi connectivity index (χ3v) is 4.00. The summed E-state index contributed by atoms with van der Waals surface area (Å²) in [5, 5.41) is 3.95. The number of rotatable bonds is 4. The Bertz CT molecular complexity index is 488. The number of likely N-dealkylation sites (tertiary alicyclic amines) is 1. The fraction of sp³-hybridized carbons (Fsp3) is 0.700. The Hall–Kier alpha value is -0.860. The first kappa shape index (κ1) is 16.2. The molecule has 1 aliphatic heterocycles. The van der Waals surface area contributed by atoms with E-state index in [9.17, 15) is 12.8 Å². The molecule has 19 heavy (non-hydrogen) atoms. The van der Waals surface area contributed by atoms with Gasteiger partial charge in [-0.1, -0.05) is 0 Å². The third kappa shape index (κ3) is 3.80. The van der Waals surface area contributed by atoms with Gasteiger partial charge in [-0.05, 0) is 13.5 Å². The first-order valence-corrected chi connectivity index (χ1v) is 6.85. The molecule has 0 unspecified atom stereocenters. The molecule has 1 aromatic heterocycles. The van der Waals surface area contributed by atoms with E-state index in [-0.39, 0.29) is 25.0 Å². The van der Waals surface area contributed by atoms with Crippen LogP contribution in [0.5, 0.6) is 0 Å². The molecule has 1 aromatic rings. The third-order valence-electron chi connectivity index (χ3n) is 3.21. The molecule has 110 valence electrons. The van der Waals surface area contributed by atoms with Gasteiger partial charge in [0, 0.05) is 32.4 Å². The molecule has 9 heteroatoms. The van der Waals surface area contributed by atoms with E-state index in [0.717, 1.165) is 0 Å². The highest BCUT2D eigenvalue weighted by molar-refractivity contribution is 7.74. The topological polar surface area (TPSA) is 58.4 Å². The largest absolute Gasteiger partial charge is 0.299 e. The van der Waals surface area contributed by atoms with Crippen LogP contribution < -0.4 is 4.31 Å². The number of anilines is 1. The summed E-state index contributed by atoms with van der Waals surface area (Å²) in [6.45, 7) is 0.627. The molecular formula is C10H18ClFN4O2S. The summed E-state index contributed by atoms with van der Waals surface area (Å²) < 4.78 is 38.6. The predicted molar refractivity (Wildman–Crippen MR) is 74.0 cm³/mol. The first-order valence-electron chi connectivity index (χ1n) is 5.72. The number of thiol groups is 1. The lowest BCUT2D eigenvalue weighted by Crippen LogP contribution is -2.37. The highest BCUT2D eigenvalue weighted by Gasteiger charge is 2.31. The Labute approximate surface area is 119 Å². The molecule has 0 saturated carbocycles. The van der Waals surface area contributed by atoms with Crippen molar-refractivity contribution in [2.24, 2.45) is 7.05 Å². The molecule has 2 rings (SSSR count). The van der Waals surface area contributed by atoms with E-state index in [1.807, 2.05) is 11.9 Å². The van der Waals surface area contributed by atoms with Gasteiger partial charge in [-0.2, -0.15) is 5.10 Å². The number of halogens is 2. The fourth-order valence-electron chi connectivity index (χ4n) is 2.23. The molecular weight excluding hydrogens is 295 g/mol. The molecule has 1 aliphatic rings. The summed E-state index contributed by atoms with van der Waals surface area (Å²) in [4.78, 5) is 1.85. The van der Waals surface area contributed by atoms with Gasteiger partial charge in [0.15, 0.2) is 0 Å². The first-order chi connectivity index (χ1) is 8.47. The lowest BCUT2D eigenvalue weighted by atomic mass is 10.2. The summed E-state index contributed by atoms with van der Waals surface area (Å²) in [5.74, 6) is 0. The lowest BCUT2D eigenvalue weighted by molar-refractivity contribution is 0.298. The van der Waals surface area contributed by atoms with Gasteiger partial charge in [-0.15, -0.1) is 12.4 Å². The van der Waals surface area contributed by atoms with Gasteiger partial charge in [-0.25, -0.2) is 12.8 Å². The molecule has 0 N–H and O–H groups in total. The molecule has 1 fully saturated rings. The predicted octanol–water partition coefficient (Wildman–Crippen LogP) is 0.217.